The molecular formula is C27H32N2O5. The largest absolute Gasteiger partial charge is 0.480 e. The van der Waals surface area contributed by atoms with Crippen LogP contribution in [0.5, 0.6) is 0 Å². The molecule has 1 unspecified atom stereocenters. The van der Waals surface area contributed by atoms with Crippen molar-refractivity contribution in [3.05, 3.63) is 72.3 Å². The van der Waals surface area contributed by atoms with Gasteiger partial charge in [-0.3, -0.25) is 4.79 Å². The zero-order valence-corrected chi connectivity index (χ0v) is 19.8. The zero-order chi connectivity index (χ0) is 24.9. The van der Waals surface area contributed by atoms with E-state index in [4.69, 9.17) is 4.74 Å². The van der Waals surface area contributed by atoms with Crippen molar-refractivity contribution in [2.45, 2.75) is 51.6 Å². The second kappa shape index (κ2) is 10.5. The molecule has 0 aromatic heterocycles. The minimum atomic E-state index is -1.13. The summed E-state index contributed by atoms with van der Waals surface area (Å²) in [6, 6.07) is 14.0. The minimum absolute atomic E-state index is 0.101. The molecule has 2 aromatic carbocycles. The SMILES string of the molecule is C=CCCC(NC(=O)OCC1c2ccccc2-c2ccccc21)C(=O)N[C@@H](C(=O)O)C(C)(C)C. The predicted octanol–water partition coefficient (Wildman–Crippen LogP) is 4.48. The third kappa shape index (κ3) is 5.65. The van der Waals surface area contributed by atoms with Crippen molar-refractivity contribution >= 4 is 18.0 Å². The lowest BCUT2D eigenvalue weighted by Crippen LogP contribution is -2.55. The van der Waals surface area contributed by atoms with E-state index in [0.717, 1.165) is 22.3 Å². The van der Waals surface area contributed by atoms with Crippen molar-refractivity contribution < 1.29 is 24.2 Å². The van der Waals surface area contributed by atoms with Crippen molar-refractivity contribution in [1.29, 1.82) is 0 Å². The number of rotatable bonds is 9. The molecule has 1 aliphatic rings. The molecule has 0 bridgehead atoms. The van der Waals surface area contributed by atoms with Crippen LogP contribution < -0.4 is 10.6 Å². The topological polar surface area (TPSA) is 105 Å². The molecule has 2 aromatic rings. The molecule has 2 amide bonds. The van der Waals surface area contributed by atoms with Crippen LogP contribution in [0.1, 0.15) is 50.7 Å². The molecule has 1 aliphatic carbocycles. The van der Waals surface area contributed by atoms with Crippen LogP contribution >= 0.6 is 0 Å². The maximum Gasteiger partial charge on any atom is 0.407 e. The third-order valence-electron chi connectivity index (χ3n) is 6.01. The average molecular weight is 465 g/mol. The molecule has 0 saturated carbocycles. The van der Waals surface area contributed by atoms with Gasteiger partial charge in [0.2, 0.25) is 5.91 Å². The lowest BCUT2D eigenvalue weighted by molar-refractivity contribution is -0.145. The summed E-state index contributed by atoms with van der Waals surface area (Å²) >= 11 is 0. The summed E-state index contributed by atoms with van der Waals surface area (Å²) in [6.45, 7) is 8.96. The Kier molecular flexibility index (Phi) is 7.76. The van der Waals surface area contributed by atoms with E-state index < -0.39 is 35.5 Å². The number of alkyl carbamates (subject to hydrolysis) is 1. The molecule has 7 heteroatoms. The van der Waals surface area contributed by atoms with Crippen LogP contribution in [0.25, 0.3) is 11.1 Å². The minimum Gasteiger partial charge on any atom is -0.480 e. The van der Waals surface area contributed by atoms with Gasteiger partial charge in [0.25, 0.3) is 0 Å². The molecule has 34 heavy (non-hydrogen) atoms. The normalized spacial score (nSPS) is 14.3. The molecule has 0 spiro atoms. The van der Waals surface area contributed by atoms with Crippen LogP contribution in [0.15, 0.2) is 61.2 Å². The quantitative estimate of drug-likeness (QED) is 0.475. The maximum atomic E-state index is 12.9. The van der Waals surface area contributed by atoms with Crippen LogP contribution in [0.4, 0.5) is 4.79 Å². The van der Waals surface area contributed by atoms with Crippen molar-refractivity contribution in [3.8, 4) is 11.1 Å². The Labute approximate surface area is 200 Å². The van der Waals surface area contributed by atoms with Gasteiger partial charge in [-0.15, -0.1) is 6.58 Å². The number of hydrogen-bond acceptors (Lipinski definition) is 4. The zero-order valence-electron chi connectivity index (χ0n) is 19.8. The van der Waals surface area contributed by atoms with Gasteiger partial charge in [-0.1, -0.05) is 75.4 Å². The summed E-state index contributed by atoms with van der Waals surface area (Å²) in [7, 11) is 0. The number of hydrogen-bond donors (Lipinski definition) is 3. The highest BCUT2D eigenvalue weighted by Crippen LogP contribution is 2.44. The number of allylic oxidation sites excluding steroid dienone is 1. The molecule has 0 saturated heterocycles. The molecule has 0 fully saturated rings. The number of carbonyl (C=O) groups is 3. The van der Waals surface area contributed by atoms with E-state index in [1.807, 2.05) is 36.4 Å². The number of amides is 2. The highest BCUT2D eigenvalue weighted by atomic mass is 16.5. The van der Waals surface area contributed by atoms with Gasteiger partial charge in [0.05, 0.1) is 0 Å². The van der Waals surface area contributed by atoms with Crippen LogP contribution in [-0.2, 0) is 14.3 Å². The highest BCUT2D eigenvalue weighted by Gasteiger charge is 2.35. The molecule has 3 N–H and O–H groups in total. The van der Waals surface area contributed by atoms with Crippen molar-refractivity contribution in [2.24, 2.45) is 5.41 Å². The summed E-state index contributed by atoms with van der Waals surface area (Å²) in [5.41, 5.74) is 3.72. The van der Waals surface area contributed by atoms with Crippen LogP contribution in [0.2, 0.25) is 0 Å². The van der Waals surface area contributed by atoms with E-state index >= 15 is 0 Å². The summed E-state index contributed by atoms with van der Waals surface area (Å²) < 4.78 is 5.55. The van der Waals surface area contributed by atoms with Crippen LogP contribution in [0, 0.1) is 5.41 Å². The number of fused-ring (bicyclic) bond motifs is 3. The first kappa shape index (κ1) is 25.0. The second-order valence-electron chi connectivity index (χ2n) is 9.53. The molecule has 0 heterocycles. The fourth-order valence-electron chi connectivity index (χ4n) is 4.23. The fraction of sp³-hybridized carbons (Fsp3) is 0.370. The predicted molar refractivity (Wildman–Crippen MR) is 130 cm³/mol. The maximum absolute atomic E-state index is 12.9. The Bertz CT molecular complexity index is 1030. The van der Waals surface area contributed by atoms with Crippen molar-refractivity contribution in [1.82, 2.24) is 10.6 Å². The second-order valence-corrected chi connectivity index (χ2v) is 9.53. The Balaban J connectivity index is 1.68. The molecule has 180 valence electrons. The number of carbonyl (C=O) groups excluding carboxylic acids is 2. The average Bonchev–Trinajstić information content (AvgIpc) is 3.11. The first-order valence-electron chi connectivity index (χ1n) is 11.4. The number of ether oxygens (including phenoxy) is 1. The number of nitrogens with one attached hydrogen (secondary N) is 2. The molecule has 3 rings (SSSR count). The van der Waals surface area contributed by atoms with Gasteiger partial charge < -0.3 is 20.5 Å². The lowest BCUT2D eigenvalue weighted by atomic mass is 9.86. The lowest BCUT2D eigenvalue weighted by Gasteiger charge is -2.29. The van der Waals surface area contributed by atoms with Crippen molar-refractivity contribution in [3.63, 3.8) is 0 Å². The van der Waals surface area contributed by atoms with E-state index in [1.54, 1.807) is 26.8 Å². The van der Waals surface area contributed by atoms with E-state index in [9.17, 15) is 19.5 Å². The van der Waals surface area contributed by atoms with Gasteiger partial charge in [-0.2, -0.15) is 0 Å². The van der Waals surface area contributed by atoms with Gasteiger partial charge in [0, 0.05) is 5.92 Å². The van der Waals surface area contributed by atoms with Gasteiger partial charge in [0.15, 0.2) is 0 Å². The Morgan fingerprint density at radius 2 is 1.59 bits per heavy atom. The standard InChI is InChI=1S/C27H32N2O5/c1-5-6-15-22(24(30)29-23(25(31)32)27(2,3)4)28-26(33)34-16-21-19-13-9-7-11-17(19)18-12-8-10-14-20(18)21/h5,7-14,21-23H,1,6,15-16H2,2-4H3,(H,28,33)(H,29,30)(H,31,32)/t22?,23-/m0/s1. The molecule has 2 atom stereocenters. The number of carboxylic acids is 1. The summed E-state index contributed by atoms with van der Waals surface area (Å²) in [6.07, 6.45) is 1.65. The van der Waals surface area contributed by atoms with E-state index in [0.29, 0.717) is 6.42 Å². The van der Waals surface area contributed by atoms with Gasteiger partial charge in [0.1, 0.15) is 18.7 Å². The summed E-state index contributed by atoms with van der Waals surface area (Å²) in [4.78, 5) is 37.2. The van der Waals surface area contributed by atoms with Gasteiger partial charge >= 0.3 is 12.1 Å². The van der Waals surface area contributed by atoms with Gasteiger partial charge in [-0.05, 0) is 40.5 Å². The first-order valence-corrected chi connectivity index (χ1v) is 11.4. The number of carboxylic acid groups (broad SMARTS) is 1. The summed E-state index contributed by atoms with van der Waals surface area (Å²) in [5, 5.41) is 14.7. The molecule has 0 aliphatic heterocycles. The van der Waals surface area contributed by atoms with E-state index in [2.05, 4.69) is 29.3 Å². The van der Waals surface area contributed by atoms with E-state index in [1.165, 1.54) is 0 Å². The monoisotopic (exact) mass is 464 g/mol. The highest BCUT2D eigenvalue weighted by molar-refractivity contribution is 5.89. The van der Waals surface area contributed by atoms with Crippen LogP contribution in [0.3, 0.4) is 0 Å². The fourth-order valence-corrected chi connectivity index (χ4v) is 4.23. The Hall–Kier alpha value is -3.61. The van der Waals surface area contributed by atoms with E-state index in [-0.39, 0.29) is 18.9 Å². The Morgan fingerprint density at radius 3 is 2.09 bits per heavy atom. The van der Waals surface area contributed by atoms with Crippen LogP contribution in [-0.4, -0.2) is 41.8 Å². The van der Waals surface area contributed by atoms with Crippen molar-refractivity contribution in [2.75, 3.05) is 6.61 Å². The molecular weight excluding hydrogens is 432 g/mol. The number of benzene rings is 2. The Morgan fingerprint density at radius 1 is 1.03 bits per heavy atom. The molecule has 7 nitrogen and oxygen atoms in total. The molecule has 0 radical (unpaired) electrons. The number of aliphatic carboxylic acids is 1. The first-order chi connectivity index (χ1) is 16.1. The smallest absolute Gasteiger partial charge is 0.407 e. The third-order valence-corrected chi connectivity index (χ3v) is 6.01. The summed E-state index contributed by atoms with van der Waals surface area (Å²) in [5.74, 6) is -1.81. The van der Waals surface area contributed by atoms with Gasteiger partial charge in [-0.25, -0.2) is 9.59 Å².